The Bertz CT molecular complexity index is 936. The Hall–Kier alpha value is -2.88. The van der Waals surface area contributed by atoms with E-state index in [1.54, 1.807) is 6.33 Å². The molecule has 120 valence electrons. The lowest BCUT2D eigenvalue weighted by Gasteiger charge is -2.25. The van der Waals surface area contributed by atoms with E-state index >= 15 is 0 Å². The number of anilines is 1. The second-order valence-electron chi connectivity index (χ2n) is 6.39. The molecule has 3 aromatic rings. The molecule has 0 bridgehead atoms. The van der Waals surface area contributed by atoms with Crippen LogP contribution in [-0.2, 0) is 0 Å². The number of allylic oxidation sites excluding steroid dienone is 1. The van der Waals surface area contributed by atoms with E-state index in [4.69, 9.17) is 0 Å². The highest BCUT2D eigenvalue weighted by molar-refractivity contribution is 5.77. The zero-order valence-electron chi connectivity index (χ0n) is 14.1. The molecule has 1 aliphatic rings. The van der Waals surface area contributed by atoms with Crippen LogP contribution in [0.1, 0.15) is 33.9 Å². The third kappa shape index (κ3) is 2.50. The number of benzene rings is 2. The van der Waals surface area contributed by atoms with Crippen molar-refractivity contribution in [2.75, 3.05) is 5.32 Å². The summed E-state index contributed by atoms with van der Waals surface area (Å²) in [5.41, 5.74) is 7.29. The van der Waals surface area contributed by atoms with Gasteiger partial charge < -0.3 is 5.32 Å². The predicted octanol–water partition coefficient (Wildman–Crippen LogP) is 4.26. The molecule has 0 amide bonds. The highest BCUT2D eigenvalue weighted by Crippen LogP contribution is 2.32. The average molecular weight is 316 g/mol. The van der Waals surface area contributed by atoms with Crippen LogP contribution < -0.4 is 5.32 Å². The van der Waals surface area contributed by atoms with Crippen molar-refractivity contribution in [2.45, 2.75) is 26.8 Å². The predicted molar refractivity (Wildman–Crippen MR) is 96.9 cm³/mol. The minimum absolute atomic E-state index is 0.0419. The van der Waals surface area contributed by atoms with Gasteiger partial charge in [-0.2, -0.15) is 10.1 Å². The Morgan fingerprint density at radius 2 is 1.88 bits per heavy atom. The maximum absolute atomic E-state index is 4.40. The fraction of sp³-hybridized carbons (Fsp3) is 0.200. The Labute approximate surface area is 141 Å². The summed E-state index contributed by atoms with van der Waals surface area (Å²) < 4.78 is 1.93. The molecule has 0 saturated carbocycles. The number of nitrogens with zero attached hydrogens (tertiary/aromatic N) is 3. The third-order valence-electron chi connectivity index (χ3n) is 4.61. The van der Waals surface area contributed by atoms with Gasteiger partial charge in [0.25, 0.3) is 0 Å². The van der Waals surface area contributed by atoms with Crippen molar-refractivity contribution in [3.8, 4) is 0 Å². The second-order valence-corrected chi connectivity index (χ2v) is 6.39. The molecule has 4 rings (SSSR count). The van der Waals surface area contributed by atoms with Gasteiger partial charge in [-0.1, -0.05) is 42.0 Å². The van der Waals surface area contributed by atoms with E-state index in [0.717, 1.165) is 11.6 Å². The number of fused-ring (bicyclic) bond motifs is 1. The Kier molecular flexibility index (Phi) is 3.45. The summed E-state index contributed by atoms with van der Waals surface area (Å²) in [5, 5.41) is 7.81. The standard InChI is InChI=1S/C20H20N4/c1-13-5-4-6-17(9-13)19-11-18(23-20-21-12-22-24(19)20)16-8-7-14(2)15(3)10-16/h4-12,19H,1-3H3,(H,21,22,23). The summed E-state index contributed by atoms with van der Waals surface area (Å²) in [6, 6.07) is 15.1. The van der Waals surface area contributed by atoms with Crippen LogP contribution in [0.3, 0.4) is 0 Å². The topological polar surface area (TPSA) is 42.7 Å². The maximum Gasteiger partial charge on any atom is 0.226 e. The fourth-order valence-corrected chi connectivity index (χ4v) is 3.10. The lowest BCUT2D eigenvalue weighted by molar-refractivity contribution is 0.611. The van der Waals surface area contributed by atoms with Crippen LogP contribution in [0.15, 0.2) is 54.9 Å². The molecule has 2 heterocycles. The molecule has 1 aliphatic heterocycles. The molecular formula is C20H20N4. The number of hydrogen-bond acceptors (Lipinski definition) is 3. The normalized spacial score (nSPS) is 16.3. The molecule has 0 fully saturated rings. The first-order valence-corrected chi connectivity index (χ1v) is 8.14. The van der Waals surface area contributed by atoms with Crippen LogP contribution in [0, 0.1) is 20.8 Å². The smallest absolute Gasteiger partial charge is 0.226 e. The van der Waals surface area contributed by atoms with Gasteiger partial charge >= 0.3 is 0 Å². The summed E-state index contributed by atoms with van der Waals surface area (Å²) >= 11 is 0. The van der Waals surface area contributed by atoms with Gasteiger partial charge in [-0.3, -0.25) is 0 Å². The molecule has 4 heteroatoms. The van der Waals surface area contributed by atoms with Crippen LogP contribution in [0.25, 0.3) is 5.70 Å². The van der Waals surface area contributed by atoms with Crippen LogP contribution >= 0.6 is 0 Å². The minimum atomic E-state index is 0.0419. The maximum atomic E-state index is 4.40. The first kappa shape index (κ1) is 14.7. The molecule has 0 spiro atoms. The quantitative estimate of drug-likeness (QED) is 0.768. The summed E-state index contributed by atoms with van der Waals surface area (Å²) in [6.45, 7) is 6.39. The highest BCUT2D eigenvalue weighted by Gasteiger charge is 2.23. The van der Waals surface area contributed by atoms with Crippen LogP contribution in [-0.4, -0.2) is 14.8 Å². The van der Waals surface area contributed by atoms with E-state index in [9.17, 15) is 0 Å². The second kappa shape index (κ2) is 5.64. The molecule has 1 N–H and O–H groups in total. The van der Waals surface area contributed by atoms with Crippen molar-refractivity contribution < 1.29 is 0 Å². The van der Waals surface area contributed by atoms with Gasteiger partial charge in [0.15, 0.2) is 0 Å². The molecule has 1 aromatic heterocycles. The zero-order valence-corrected chi connectivity index (χ0v) is 14.1. The van der Waals surface area contributed by atoms with E-state index in [1.807, 2.05) is 4.68 Å². The van der Waals surface area contributed by atoms with Crippen LogP contribution in [0.2, 0.25) is 0 Å². The van der Waals surface area contributed by atoms with Crippen molar-refractivity contribution in [1.82, 2.24) is 14.8 Å². The molecule has 24 heavy (non-hydrogen) atoms. The van der Waals surface area contributed by atoms with Crippen molar-refractivity contribution in [2.24, 2.45) is 0 Å². The van der Waals surface area contributed by atoms with Crippen molar-refractivity contribution in [3.63, 3.8) is 0 Å². The minimum Gasteiger partial charge on any atom is -0.324 e. The highest BCUT2D eigenvalue weighted by atomic mass is 15.4. The average Bonchev–Trinajstić information content (AvgIpc) is 3.05. The number of hydrogen-bond donors (Lipinski definition) is 1. The molecule has 0 aliphatic carbocycles. The molecule has 4 nitrogen and oxygen atoms in total. The summed E-state index contributed by atoms with van der Waals surface area (Å²) in [6.07, 6.45) is 3.82. The Balaban J connectivity index is 1.82. The third-order valence-corrected chi connectivity index (χ3v) is 4.61. The van der Waals surface area contributed by atoms with Gasteiger partial charge in [0.1, 0.15) is 12.4 Å². The lowest BCUT2D eigenvalue weighted by atomic mass is 9.98. The summed E-state index contributed by atoms with van der Waals surface area (Å²) in [5.74, 6) is 0.775. The molecule has 1 unspecified atom stereocenters. The van der Waals surface area contributed by atoms with Crippen molar-refractivity contribution in [1.29, 1.82) is 0 Å². The Morgan fingerprint density at radius 1 is 1.00 bits per heavy atom. The zero-order chi connectivity index (χ0) is 16.7. The lowest BCUT2D eigenvalue weighted by Crippen LogP contribution is -2.20. The summed E-state index contributed by atoms with van der Waals surface area (Å²) in [4.78, 5) is 4.37. The van der Waals surface area contributed by atoms with E-state index < -0.39 is 0 Å². The van der Waals surface area contributed by atoms with Gasteiger partial charge in [0.2, 0.25) is 5.95 Å². The molecule has 0 radical (unpaired) electrons. The van der Waals surface area contributed by atoms with E-state index in [1.165, 1.54) is 27.8 Å². The molecule has 1 atom stereocenters. The SMILES string of the molecule is Cc1cccc(C2C=C(c3ccc(C)c(C)c3)Nc3ncnn32)c1. The van der Waals surface area contributed by atoms with Crippen molar-refractivity contribution in [3.05, 3.63) is 82.7 Å². The van der Waals surface area contributed by atoms with Gasteiger partial charge in [0.05, 0.1) is 0 Å². The molecule has 2 aromatic carbocycles. The van der Waals surface area contributed by atoms with Crippen LogP contribution in [0.5, 0.6) is 0 Å². The van der Waals surface area contributed by atoms with Gasteiger partial charge in [-0.05, 0) is 55.2 Å². The van der Waals surface area contributed by atoms with Gasteiger partial charge in [-0.15, -0.1) is 0 Å². The van der Waals surface area contributed by atoms with Gasteiger partial charge in [0, 0.05) is 5.70 Å². The number of nitrogens with one attached hydrogen (secondary N) is 1. The monoisotopic (exact) mass is 316 g/mol. The van der Waals surface area contributed by atoms with E-state index in [-0.39, 0.29) is 6.04 Å². The fourth-order valence-electron chi connectivity index (χ4n) is 3.10. The van der Waals surface area contributed by atoms with Crippen LogP contribution in [0.4, 0.5) is 5.95 Å². The number of aryl methyl sites for hydroxylation is 3. The van der Waals surface area contributed by atoms with E-state index in [0.29, 0.717) is 0 Å². The largest absolute Gasteiger partial charge is 0.324 e. The number of aromatic nitrogens is 3. The van der Waals surface area contributed by atoms with Gasteiger partial charge in [-0.25, -0.2) is 4.68 Å². The van der Waals surface area contributed by atoms with Crippen molar-refractivity contribution >= 4 is 11.6 Å². The molecule has 0 saturated heterocycles. The Morgan fingerprint density at radius 3 is 2.67 bits per heavy atom. The van der Waals surface area contributed by atoms with E-state index in [2.05, 4.69) is 84.7 Å². The first-order chi connectivity index (χ1) is 11.6. The molecular weight excluding hydrogens is 296 g/mol. The number of rotatable bonds is 2. The summed E-state index contributed by atoms with van der Waals surface area (Å²) in [7, 11) is 0. The first-order valence-electron chi connectivity index (χ1n) is 8.14.